The zero-order chi connectivity index (χ0) is 17.2. The predicted molar refractivity (Wildman–Crippen MR) is 97.7 cm³/mol. The smallest absolute Gasteiger partial charge is 0.254 e. The van der Waals surface area contributed by atoms with Gasteiger partial charge in [-0.1, -0.05) is 36.4 Å². The molecular formula is C21H20N2O2. The van der Waals surface area contributed by atoms with Crippen LogP contribution in [0.5, 0.6) is 5.75 Å². The highest BCUT2D eigenvalue weighted by Crippen LogP contribution is 2.32. The third-order valence-corrected chi connectivity index (χ3v) is 4.75. The molecule has 0 spiro atoms. The second-order valence-corrected chi connectivity index (χ2v) is 6.33. The SMILES string of the molecule is CC1c2ccccc2C(=O)N1CCCOc1cnc2ccccc2c1. The van der Waals surface area contributed by atoms with Gasteiger partial charge in [-0.25, -0.2) is 0 Å². The minimum atomic E-state index is 0.121. The van der Waals surface area contributed by atoms with Crippen molar-refractivity contribution in [3.8, 4) is 5.75 Å². The van der Waals surface area contributed by atoms with Gasteiger partial charge in [0.15, 0.2) is 0 Å². The molecule has 1 amide bonds. The fourth-order valence-electron chi connectivity index (χ4n) is 3.40. The molecule has 0 N–H and O–H groups in total. The molecule has 25 heavy (non-hydrogen) atoms. The van der Waals surface area contributed by atoms with Crippen LogP contribution >= 0.6 is 0 Å². The highest BCUT2D eigenvalue weighted by Gasteiger charge is 2.32. The van der Waals surface area contributed by atoms with Crippen LogP contribution in [0, 0.1) is 0 Å². The van der Waals surface area contributed by atoms with Gasteiger partial charge in [0.05, 0.1) is 24.4 Å². The molecule has 4 nitrogen and oxygen atoms in total. The van der Waals surface area contributed by atoms with Crippen molar-refractivity contribution in [3.05, 3.63) is 71.9 Å². The Labute approximate surface area is 147 Å². The number of amides is 1. The van der Waals surface area contributed by atoms with Gasteiger partial charge in [0.1, 0.15) is 5.75 Å². The van der Waals surface area contributed by atoms with Gasteiger partial charge >= 0.3 is 0 Å². The van der Waals surface area contributed by atoms with E-state index in [1.807, 2.05) is 59.5 Å². The lowest BCUT2D eigenvalue weighted by atomic mass is 10.1. The maximum absolute atomic E-state index is 12.5. The fourth-order valence-corrected chi connectivity index (χ4v) is 3.40. The van der Waals surface area contributed by atoms with Gasteiger partial charge in [-0.2, -0.15) is 0 Å². The van der Waals surface area contributed by atoms with E-state index in [1.54, 1.807) is 6.20 Å². The van der Waals surface area contributed by atoms with Crippen molar-refractivity contribution >= 4 is 16.8 Å². The van der Waals surface area contributed by atoms with Crippen LogP contribution in [0.4, 0.5) is 0 Å². The topological polar surface area (TPSA) is 42.4 Å². The zero-order valence-corrected chi connectivity index (χ0v) is 14.2. The minimum absolute atomic E-state index is 0.121. The number of aromatic nitrogens is 1. The van der Waals surface area contributed by atoms with Crippen molar-refractivity contribution in [1.29, 1.82) is 0 Å². The van der Waals surface area contributed by atoms with Crippen LogP contribution < -0.4 is 4.74 Å². The summed E-state index contributed by atoms with van der Waals surface area (Å²) in [6.07, 6.45) is 2.54. The second kappa shape index (κ2) is 6.55. The molecule has 2 aromatic carbocycles. The molecule has 0 fully saturated rings. The largest absolute Gasteiger partial charge is 0.492 e. The number of hydrogen-bond acceptors (Lipinski definition) is 3. The molecular weight excluding hydrogens is 312 g/mol. The summed E-state index contributed by atoms with van der Waals surface area (Å²) in [5.41, 5.74) is 2.91. The summed E-state index contributed by atoms with van der Waals surface area (Å²) in [6.45, 7) is 3.33. The average Bonchev–Trinajstić information content (AvgIpc) is 2.90. The molecule has 4 heteroatoms. The summed E-state index contributed by atoms with van der Waals surface area (Å²) in [4.78, 5) is 18.8. The Hall–Kier alpha value is -2.88. The lowest BCUT2D eigenvalue weighted by Crippen LogP contribution is -2.28. The van der Waals surface area contributed by atoms with E-state index in [0.717, 1.165) is 34.2 Å². The van der Waals surface area contributed by atoms with Crippen molar-refractivity contribution in [2.24, 2.45) is 0 Å². The van der Waals surface area contributed by atoms with E-state index in [1.165, 1.54) is 0 Å². The molecule has 0 radical (unpaired) electrons. The molecule has 126 valence electrons. The molecule has 0 saturated heterocycles. The Balaban J connectivity index is 1.34. The number of nitrogens with zero attached hydrogens (tertiary/aromatic N) is 2. The van der Waals surface area contributed by atoms with E-state index in [-0.39, 0.29) is 11.9 Å². The summed E-state index contributed by atoms with van der Waals surface area (Å²) in [6, 6.07) is 18.0. The first-order valence-corrected chi connectivity index (χ1v) is 8.61. The zero-order valence-electron chi connectivity index (χ0n) is 14.2. The third-order valence-electron chi connectivity index (χ3n) is 4.75. The van der Waals surface area contributed by atoms with Crippen molar-refractivity contribution in [2.75, 3.05) is 13.2 Å². The summed E-state index contributed by atoms with van der Waals surface area (Å²) < 4.78 is 5.82. The van der Waals surface area contributed by atoms with Gasteiger partial charge in [-0.3, -0.25) is 9.78 Å². The number of carbonyl (C=O) groups excluding carboxylic acids is 1. The van der Waals surface area contributed by atoms with Crippen LogP contribution in [0.1, 0.15) is 35.3 Å². The van der Waals surface area contributed by atoms with Crippen LogP contribution in [-0.2, 0) is 0 Å². The molecule has 1 aliphatic rings. The second-order valence-electron chi connectivity index (χ2n) is 6.33. The molecule has 3 aromatic rings. The highest BCUT2D eigenvalue weighted by atomic mass is 16.5. The maximum atomic E-state index is 12.5. The van der Waals surface area contributed by atoms with E-state index >= 15 is 0 Å². The Morgan fingerprint density at radius 2 is 1.92 bits per heavy atom. The van der Waals surface area contributed by atoms with Gasteiger partial charge in [0.2, 0.25) is 0 Å². The quantitative estimate of drug-likeness (QED) is 0.657. The number of para-hydroxylation sites is 1. The third kappa shape index (κ3) is 2.95. The first-order valence-electron chi connectivity index (χ1n) is 8.61. The summed E-state index contributed by atoms with van der Waals surface area (Å²) >= 11 is 0. The van der Waals surface area contributed by atoms with Crippen LogP contribution in [0.25, 0.3) is 10.9 Å². The van der Waals surface area contributed by atoms with Gasteiger partial charge in [0.25, 0.3) is 5.91 Å². The molecule has 1 unspecified atom stereocenters. The van der Waals surface area contributed by atoms with E-state index < -0.39 is 0 Å². The number of pyridine rings is 1. The first kappa shape index (κ1) is 15.6. The predicted octanol–water partition coefficient (Wildman–Crippen LogP) is 4.22. The molecule has 1 aliphatic heterocycles. The number of benzene rings is 2. The average molecular weight is 332 g/mol. The number of ether oxygens (including phenoxy) is 1. The number of rotatable bonds is 5. The van der Waals surface area contributed by atoms with Crippen molar-refractivity contribution in [3.63, 3.8) is 0 Å². The van der Waals surface area contributed by atoms with E-state index in [4.69, 9.17) is 4.74 Å². The first-order chi connectivity index (χ1) is 12.2. The molecule has 1 atom stereocenters. The van der Waals surface area contributed by atoms with Gasteiger partial charge in [-0.05, 0) is 37.1 Å². The van der Waals surface area contributed by atoms with Gasteiger partial charge < -0.3 is 9.64 Å². The Bertz CT molecular complexity index is 922. The van der Waals surface area contributed by atoms with Crippen LogP contribution in [0.15, 0.2) is 60.8 Å². The lowest BCUT2D eigenvalue weighted by molar-refractivity contribution is 0.0727. The van der Waals surface area contributed by atoms with Crippen molar-refractivity contribution in [2.45, 2.75) is 19.4 Å². The molecule has 1 aromatic heterocycles. The summed E-state index contributed by atoms with van der Waals surface area (Å²) in [5, 5.41) is 1.07. The van der Waals surface area contributed by atoms with Crippen molar-refractivity contribution in [1.82, 2.24) is 9.88 Å². The Morgan fingerprint density at radius 3 is 2.80 bits per heavy atom. The number of fused-ring (bicyclic) bond motifs is 2. The highest BCUT2D eigenvalue weighted by molar-refractivity contribution is 5.99. The fraction of sp³-hybridized carbons (Fsp3) is 0.238. The summed E-state index contributed by atoms with van der Waals surface area (Å²) in [7, 11) is 0. The lowest BCUT2D eigenvalue weighted by Gasteiger charge is -2.22. The maximum Gasteiger partial charge on any atom is 0.254 e. The number of hydrogen-bond donors (Lipinski definition) is 0. The van der Waals surface area contributed by atoms with E-state index in [0.29, 0.717) is 13.2 Å². The number of carbonyl (C=O) groups is 1. The molecule has 0 aliphatic carbocycles. The van der Waals surface area contributed by atoms with Crippen LogP contribution in [0.3, 0.4) is 0 Å². The van der Waals surface area contributed by atoms with Crippen LogP contribution in [-0.4, -0.2) is 28.9 Å². The molecule has 0 bridgehead atoms. The van der Waals surface area contributed by atoms with E-state index in [2.05, 4.69) is 11.9 Å². The van der Waals surface area contributed by atoms with Crippen molar-refractivity contribution < 1.29 is 9.53 Å². The monoisotopic (exact) mass is 332 g/mol. The Kier molecular flexibility index (Phi) is 4.10. The normalized spacial score (nSPS) is 16.3. The minimum Gasteiger partial charge on any atom is -0.492 e. The summed E-state index contributed by atoms with van der Waals surface area (Å²) in [5.74, 6) is 0.887. The molecule has 0 saturated carbocycles. The van der Waals surface area contributed by atoms with Crippen LogP contribution in [0.2, 0.25) is 0 Å². The van der Waals surface area contributed by atoms with Gasteiger partial charge in [0, 0.05) is 17.5 Å². The van der Waals surface area contributed by atoms with E-state index in [9.17, 15) is 4.79 Å². The Morgan fingerprint density at radius 1 is 1.12 bits per heavy atom. The molecule has 2 heterocycles. The van der Waals surface area contributed by atoms with Gasteiger partial charge in [-0.15, -0.1) is 0 Å². The molecule has 4 rings (SSSR count). The standard InChI is InChI=1S/C21H20N2O2/c1-15-18-8-3-4-9-19(18)21(24)23(15)11-6-12-25-17-13-16-7-2-5-10-20(16)22-14-17/h2-5,7-10,13-15H,6,11-12H2,1H3.